The van der Waals surface area contributed by atoms with Crippen molar-refractivity contribution in [2.24, 2.45) is 0 Å². The topological polar surface area (TPSA) is 112 Å². The number of hydrogen-bond donors (Lipinski definition) is 2. The van der Waals surface area contributed by atoms with Crippen LogP contribution in [0.3, 0.4) is 0 Å². The molecule has 1 saturated heterocycles. The van der Waals surface area contributed by atoms with Gasteiger partial charge in [-0.2, -0.15) is 0 Å². The van der Waals surface area contributed by atoms with Gasteiger partial charge in [0, 0.05) is 21.0 Å². The molecule has 0 aromatic rings. The van der Waals surface area contributed by atoms with Gasteiger partial charge in [-0.3, -0.25) is 9.59 Å². The number of carbonyl (C=O) groups is 2. The number of aliphatic hydroxyl groups excluding tert-OH is 2. The maximum atomic E-state index is 10.9. The minimum absolute atomic E-state index is 0. The molecule has 8 heteroatoms. The Labute approximate surface area is 117 Å². The van der Waals surface area contributed by atoms with Gasteiger partial charge in [0.2, 0.25) is 0 Å². The van der Waals surface area contributed by atoms with Crippen molar-refractivity contribution in [1.29, 1.82) is 0 Å². The fourth-order valence-corrected chi connectivity index (χ4v) is 1.75. The maximum Gasteiger partial charge on any atom is 0.303 e. The normalized spacial score (nSPS) is 33.0. The molecule has 0 bridgehead atoms. The van der Waals surface area contributed by atoms with E-state index in [9.17, 15) is 19.8 Å². The van der Waals surface area contributed by atoms with Crippen LogP contribution in [0, 0.1) is 0 Å². The molecule has 2 N–H and O–H groups in total. The molecule has 1 fully saturated rings. The standard InChI is InChI=1S/C11H18O8.CH4/c1-5(12)17-4-7-8(14)9(15)10(18-6(2)13)11(16-3)19-7;/h7-11,14-15H,4H2,1-3H3;1H4/t7?,8-,9?,10?,11-;/m1./s1. The molecule has 0 saturated carbocycles. The molecular formula is C12H22O8. The predicted molar refractivity (Wildman–Crippen MR) is 66.6 cm³/mol. The van der Waals surface area contributed by atoms with E-state index in [2.05, 4.69) is 0 Å². The molecule has 0 radical (unpaired) electrons. The van der Waals surface area contributed by atoms with Gasteiger partial charge in [-0.25, -0.2) is 0 Å². The SMILES string of the molecule is C.CO[C@@H]1OC(COC(C)=O)[C@@H](O)C(O)C1OC(C)=O. The van der Waals surface area contributed by atoms with Crippen molar-refractivity contribution in [3.63, 3.8) is 0 Å². The summed E-state index contributed by atoms with van der Waals surface area (Å²) in [4.78, 5) is 21.6. The highest BCUT2D eigenvalue weighted by Gasteiger charge is 2.47. The molecule has 0 aliphatic carbocycles. The van der Waals surface area contributed by atoms with Gasteiger partial charge in [0.25, 0.3) is 0 Å². The third kappa shape index (κ3) is 4.71. The van der Waals surface area contributed by atoms with Crippen LogP contribution < -0.4 is 0 Å². The van der Waals surface area contributed by atoms with Crippen LogP contribution in [0.1, 0.15) is 21.3 Å². The summed E-state index contributed by atoms with van der Waals surface area (Å²) in [6.07, 6.45) is -5.93. The Kier molecular flexibility index (Phi) is 7.66. The second-order valence-corrected chi connectivity index (χ2v) is 4.14. The number of aliphatic hydroxyl groups is 2. The van der Waals surface area contributed by atoms with Gasteiger partial charge in [0.05, 0.1) is 0 Å². The zero-order valence-corrected chi connectivity index (χ0v) is 10.9. The van der Waals surface area contributed by atoms with E-state index in [0.29, 0.717) is 0 Å². The van der Waals surface area contributed by atoms with E-state index in [1.165, 1.54) is 14.0 Å². The van der Waals surface area contributed by atoms with Crippen molar-refractivity contribution < 1.29 is 38.7 Å². The Balaban J connectivity index is 0.00000361. The molecule has 1 heterocycles. The van der Waals surface area contributed by atoms with Crippen LogP contribution in [-0.4, -0.2) is 66.6 Å². The smallest absolute Gasteiger partial charge is 0.303 e. The Bertz CT molecular complexity index is 327. The minimum Gasteiger partial charge on any atom is -0.463 e. The lowest BCUT2D eigenvalue weighted by Crippen LogP contribution is -2.60. The lowest BCUT2D eigenvalue weighted by molar-refractivity contribution is -0.298. The van der Waals surface area contributed by atoms with Crippen molar-refractivity contribution in [2.45, 2.75) is 52.0 Å². The summed E-state index contributed by atoms with van der Waals surface area (Å²) in [7, 11) is 1.30. The van der Waals surface area contributed by atoms with Crippen molar-refractivity contribution in [2.75, 3.05) is 13.7 Å². The van der Waals surface area contributed by atoms with Crippen LogP contribution in [0.2, 0.25) is 0 Å². The molecule has 5 atom stereocenters. The van der Waals surface area contributed by atoms with Gasteiger partial charge in [-0.05, 0) is 0 Å². The molecule has 20 heavy (non-hydrogen) atoms. The van der Waals surface area contributed by atoms with Gasteiger partial charge < -0.3 is 29.2 Å². The fraction of sp³-hybridized carbons (Fsp3) is 0.833. The highest BCUT2D eigenvalue weighted by Crippen LogP contribution is 2.24. The quantitative estimate of drug-likeness (QED) is 0.649. The van der Waals surface area contributed by atoms with Gasteiger partial charge in [0.15, 0.2) is 12.4 Å². The van der Waals surface area contributed by atoms with Crippen LogP contribution in [0.5, 0.6) is 0 Å². The minimum atomic E-state index is -1.40. The Morgan fingerprint density at radius 1 is 1.15 bits per heavy atom. The molecule has 0 spiro atoms. The van der Waals surface area contributed by atoms with Crippen LogP contribution in [-0.2, 0) is 28.5 Å². The number of rotatable bonds is 4. The number of esters is 2. The van der Waals surface area contributed by atoms with Gasteiger partial charge in [0.1, 0.15) is 24.9 Å². The molecule has 1 rings (SSSR count). The lowest BCUT2D eigenvalue weighted by Gasteiger charge is -2.40. The first-order valence-corrected chi connectivity index (χ1v) is 5.71. The number of carbonyl (C=O) groups excluding carboxylic acids is 2. The number of methoxy groups -OCH3 is 1. The third-order valence-electron chi connectivity index (χ3n) is 2.63. The van der Waals surface area contributed by atoms with Gasteiger partial charge >= 0.3 is 11.9 Å². The first-order valence-electron chi connectivity index (χ1n) is 5.71. The molecule has 118 valence electrons. The summed E-state index contributed by atoms with van der Waals surface area (Å²) in [5, 5.41) is 19.7. The van der Waals surface area contributed by atoms with Gasteiger partial charge in [-0.1, -0.05) is 7.43 Å². The molecule has 0 amide bonds. The first kappa shape index (κ1) is 18.8. The van der Waals surface area contributed by atoms with E-state index in [1.807, 2.05) is 0 Å². The van der Waals surface area contributed by atoms with E-state index < -0.39 is 42.6 Å². The average Bonchev–Trinajstić information content (AvgIpc) is 2.33. The van der Waals surface area contributed by atoms with Gasteiger partial charge in [-0.15, -0.1) is 0 Å². The summed E-state index contributed by atoms with van der Waals surface area (Å²) < 4.78 is 19.8. The Hall–Kier alpha value is -1.22. The monoisotopic (exact) mass is 294 g/mol. The largest absolute Gasteiger partial charge is 0.463 e. The first-order chi connectivity index (χ1) is 8.86. The summed E-state index contributed by atoms with van der Waals surface area (Å²) in [5.74, 6) is -1.18. The molecule has 0 aromatic carbocycles. The Morgan fingerprint density at radius 2 is 1.75 bits per heavy atom. The summed E-state index contributed by atoms with van der Waals surface area (Å²) in [6, 6.07) is 0. The zero-order chi connectivity index (χ0) is 14.6. The molecule has 1 aliphatic rings. The van der Waals surface area contributed by atoms with Crippen LogP contribution in [0.15, 0.2) is 0 Å². The summed E-state index contributed by atoms with van der Waals surface area (Å²) in [5.41, 5.74) is 0. The molecule has 1 aliphatic heterocycles. The lowest BCUT2D eigenvalue weighted by atomic mass is 9.99. The predicted octanol–water partition coefficient (Wildman–Crippen LogP) is -0.790. The second-order valence-electron chi connectivity index (χ2n) is 4.14. The highest BCUT2D eigenvalue weighted by molar-refractivity contribution is 5.66. The van der Waals surface area contributed by atoms with Crippen molar-refractivity contribution in [3.05, 3.63) is 0 Å². The molecule has 8 nitrogen and oxygen atoms in total. The van der Waals surface area contributed by atoms with Crippen molar-refractivity contribution in [3.8, 4) is 0 Å². The van der Waals surface area contributed by atoms with Crippen LogP contribution in [0.25, 0.3) is 0 Å². The molecule has 3 unspecified atom stereocenters. The van der Waals surface area contributed by atoms with Crippen molar-refractivity contribution in [1.82, 2.24) is 0 Å². The number of hydrogen-bond acceptors (Lipinski definition) is 8. The van der Waals surface area contributed by atoms with Crippen LogP contribution >= 0.6 is 0 Å². The maximum absolute atomic E-state index is 10.9. The van der Waals surface area contributed by atoms with E-state index in [4.69, 9.17) is 18.9 Å². The third-order valence-corrected chi connectivity index (χ3v) is 2.63. The highest BCUT2D eigenvalue weighted by atomic mass is 16.7. The molecular weight excluding hydrogens is 272 g/mol. The molecule has 0 aromatic heterocycles. The summed E-state index contributed by atoms with van der Waals surface area (Å²) >= 11 is 0. The fourth-order valence-electron chi connectivity index (χ4n) is 1.75. The van der Waals surface area contributed by atoms with Crippen molar-refractivity contribution >= 4 is 11.9 Å². The van der Waals surface area contributed by atoms with Crippen LogP contribution in [0.4, 0.5) is 0 Å². The van der Waals surface area contributed by atoms with E-state index in [1.54, 1.807) is 0 Å². The van der Waals surface area contributed by atoms with E-state index in [0.717, 1.165) is 6.92 Å². The number of ether oxygens (including phenoxy) is 4. The summed E-state index contributed by atoms with van der Waals surface area (Å²) in [6.45, 7) is 2.14. The average molecular weight is 294 g/mol. The van der Waals surface area contributed by atoms with E-state index in [-0.39, 0.29) is 14.0 Å². The Morgan fingerprint density at radius 3 is 2.20 bits per heavy atom. The second kappa shape index (κ2) is 8.15. The van der Waals surface area contributed by atoms with E-state index >= 15 is 0 Å². The zero-order valence-electron chi connectivity index (χ0n) is 10.9.